The number of H-pyrrole nitrogens is 1. The summed E-state index contributed by atoms with van der Waals surface area (Å²) in [5.41, 5.74) is 2.86. The molecule has 0 radical (unpaired) electrons. The Balaban J connectivity index is 1.57. The molecular weight excluding hydrogens is 316 g/mol. The van der Waals surface area contributed by atoms with Crippen LogP contribution in [0.1, 0.15) is 17.4 Å². The molecule has 0 unspecified atom stereocenters. The molecule has 25 heavy (non-hydrogen) atoms. The van der Waals surface area contributed by atoms with E-state index in [4.69, 9.17) is 4.74 Å². The Morgan fingerprint density at radius 2 is 2.12 bits per heavy atom. The van der Waals surface area contributed by atoms with Crippen molar-refractivity contribution in [3.8, 4) is 17.0 Å². The van der Waals surface area contributed by atoms with E-state index in [-0.39, 0.29) is 6.04 Å². The summed E-state index contributed by atoms with van der Waals surface area (Å²) in [6, 6.07) is 11.4. The van der Waals surface area contributed by atoms with Gasteiger partial charge in [-0.1, -0.05) is 18.2 Å². The molecule has 1 atom stereocenters. The number of phenolic OH excluding ortho intramolecular Hbond substituents is 1. The number of benzene rings is 1. The molecular formula is C19H20N4O2. The van der Waals surface area contributed by atoms with Crippen molar-refractivity contribution in [3.63, 3.8) is 0 Å². The molecule has 1 fully saturated rings. The topological polar surface area (TPSA) is 74.3 Å². The Labute approximate surface area is 146 Å². The van der Waals surface area contributed by atoms with Crippen LogP contribution in [0.25, 0.3) is 11.3 Å². The third kappa shape index (κ3) is 3.40. The summed E-state index contributed by atoms with van der Waals surface area (Å²) in [6.07, 6.45) is 5.40. The van der Waals surface area contributed by atoms with Gasteiger partial charge in [0.25, 0.3) is 0 Å². The Morgan fingerprint density at radius 1 is 1.20 bits per heavy atom. The van der Waals surface area contributed by atoms with E-state index in [1.165, 1.54) is 0 Å². The fourth-order valence-corrected chi connectivity index (χ4v) is 3.12. The first-order chi connectivity index (χ1) is 12.3. The molecule has 128 valence electrons. The first kappa shape index (κ1) is 15.8. The summed E-state index contributed by atoms with van der Waals surface area (Å²) in [5.74, 6) is 1.19. The predicted molar refractivity (Wildman–Crippen MR) is 93.9 cm³/mol. The zero-order valence-corrected chi connectivity index (χ0v) is 13.8. The molecule has 2 N–H and O–H groups in total. The lowest BCUT2D eigenvalue weighted by molar-refractivity contribution is -0.0158. The standard InChI is InChI=1S/C19H20N4O2/c24-18-6-2-1-4-15(18)12-23-8-9-25-13-17(23)19-21-11-16(22-19)14-5-3-7-20-10-14/h1-7,10-11,17,24H,8-9,12-13H2,(H,21,22)/t17-/m0/s1. The second-order valence-corrected chi connectivity index (χ2v) is 6.11. The van der Waals surface area contributed by atoms with E-state index in [1.807, 2.05) is 42.7 Å². The quantitative estimate of drug-likeness (QED) is 0.766. The summed E-state index contributed by atoms with van der Waals surface area (Å²) in [4.78, 5) is 14.4. The molecule has 1 saturated heterocycles. The van der Waals surface area contributed by atoms with Crippen LogP contribution in [-0.4, -0.2) is 44.7 Å². The molecule has 3 heterocycles. The highest BCUT2D eigenvalue weighted by atomic mass is 16.5. The zero-order chi connectivity index (χ0) is 17.1. The average Bonchev–Trinajstić information content (AvgIpc) is 3.15. The van der Waals surface area contributed by atoms with Crippen molar-refractivity contribution in [2.45, 2.75) is 12.6 Å². The largest absolute Gasteiger partial charge is 0.508 e. The van der Waals surface area contributed by atoms with E-state index in [2.05, 4.69) is 19.9 Å². The van der Waals surface area contributed by atoms with Gasteiger partial charge in [0.15, 0.2) is 0 Å². The highest BCUT2D eigenvalue weighted by Crippen LogP contribution is 2.28. The maximum absolute atomic E-state index is 10.1. The number of rotatable bonds is 4. The molecule has 6 nitrogen and oxygen atoms in total. The summed E-state index contributed by atoms with van der Waals surface area (Å²) >= 11 is 0. The van der Waals surface area contributed by atoms with Gasteiger partial charge in [-0.2, -0.15) is 0 Å². The second kappa shape index (κ2) is 7.04. The number of para-hydroxylation sites is 1. The minimum absolute atomic E-state index is 0.0266. The third-order valence-electron chi connectivity index (χ3n) is 4.49. The van der Waals surface area contributed by atoms with Crippen LogP contribution < -0.4 is 0 Å². The molecule has 0 aliphatic carbocycles. The highest BCUT2D eigenvalue weighted by molar-refractivity contribution is 5.56. The summed E-state index contributed by atoms with van der Waals surface area (Å²) in [5, 5.41) is 10.1. The molecule has 0 amide bonds. The third-order valence-corrected chi connectivity index (χ3v) is 4.49. The first-order valence-electron chi connectivity index (χ1n) is 8.35. The van der Waals surface area contributed by atoms with Crippen LogP contribution in [0.15, 0.2) is 55.0 Å². The monoisotopic (exact) mass is 336 g/mol. The number of ether oxygens (including phenoxy) is 1. The van der Waals surface area contributed by atoms with Gasteiger partial charge in [-0.15, -0.1) is 0 Å². The van der Waals surface area contributed by atoms with Gasteiger partial charge in [-0.3, -0.25) is 9.88 Å². The Hall–Kier alpha value is -2.70. The van der Waals surface area contributed by atoms with Crippen molar-refractivity contribution in [2.75, 3.05) is 19.8 Å². The number of aromatic amines is 1. The van der Waals surface area contributed by atoms with Crippen molar-refractivity contribution in [1.29, 1.82) is 0 Å². The normalized spacial score (nSPS) is 18.3. The number of aromatic nitrogens is 3. The van der Waals surface area contributed by atoms with Crippen molar-refractivity contribution < 1.29 is 9.84 Å². The number of phenols is 1. The molecule has 2 aromatic heterocycles. The van der Waals surface area contributed by atoms with E-state index in [1.54, 1.807) is 12.3 Å². The average molecular weight is 336 g/mol. The molecule has 4 rings (SSSR count). The van der Waals surface area contributed by atoms with E-state index >= 15 is 0 Å². The Kier molecular flexibility index (Phi) is 4.45. The molecule has 3 aromatic rings. The van der Waals surface area contributed by atoms with Crippen LogP contribution in [0, 0.1) is 0 Å². The van der Waals surface area contributed by atoms with Crippen LogP contribution in [0.4, 0.5) is 0 Å². The molecule has 0 spiro atoms. The van der Waals surface area contributed by atoms with Gasteiger partial charge in [0.2, 0.25) is 0 Å². The number of hydrogen-bond donors (Lipinski definition) is 2. The highest BCUT2D eigenvalue weighted by Gasteiger charge is 2.27. The zero-order valence-electron chi connectivity index (χ0n) is 13.8. The van der Waals surface area contributed by atoms with Crippen molar-refractivity contribution in [2.24, 2.45) is 0 Å². The SMILES string of the molecule is Oc1ccccc1CN1CCOC[C@H]1c1ncc(-c2cccnc2)[nH]1. The van der Waals surface area contributed by atoms with Crippen LogP contribution >= 0.6 is 0 Å². The van der Waals surface area contributed by atoms with Crippen LogP contribution in [0.2, 0.25) is 0 Å². The lowest BCUT2D eigenvalue weighted by Crippen LogP contribution is -2.39. The minimum Gasteiger partial charge on any atom is -0.508 e. The lowest BCUT2D eigenvalue weighted by Gasteiger charge is -2.34. The van der Waals surface area contributed by atoms with Gasteiger partial charge in [-0.25, -0.2) is 4.98 Å². The number of nitrogens with zero attached hydrogens (tertiary/aromatic N) is 3. The van der Waals surface area contributed by atoms with Crippen LogP contribution in [0.3, 0.4) is 0 Å². The number of aromatic hydroxyl groups is 1. The van der Waals surface area contributed by atoms with E-state index in [0.717, 1.165) is 29.2 Å². The van der Waals surface area contributed by atoms with Crippen LogP contribution in [-0.2, 0) is 11.3 Å². The van der Waals surface area contributed by atoms with Gasteiger partial charge in [0.1, 0.15) is 11.6 Å². The molecule has 1 aliphatic heterocycles. The summed E-state index contributed by atoms with van der Waals surface area (Å²) in [6.45, 7) is 2.71. The lowest BCUT2D eigenvalue weighted by atomic mass is 10.1. The summed E-state index contributed by atoms with van der Waals surface area (Å²) in [7, 11) is 0. The predicted octanol–water partition coefficient (Wildman–Crippen LogP) is 2.75. The maximum atomic E-state index is 10.1. The van der Waals surface area contributed by atoms with Crippen molar-refractivity contribution in [1.82, 2.24) is 19.9 Å². The summed E-state index contributed by atoms with van der Waals surface area (Å²) < 4.78 is 5.67. The van der Waals surface area contributed by atoms with Gasteiger partial charge in [0.05, 0.1) is 31.1 Å². The smallest absolute Gasteiger partial charge is 0.126 e. The van der Waals surface area contributed by atoms with Gasteiger partial charge < -0.3 is 14.8 Å². The number of hydrogen-bond acceptors (Lipinski definition) is 5. The van der Waals surface area contributed by atoms with Crippen molar-refractivity contribution >= 4 is 0 Å². The molecule has 0 saturated carbocycles. The minimum atomic E-state index is 0.0266. The van der Waals surface area contributed by atoms with Crippen LogP contribution in [0.5, 0.6) is 5.75 Å². The number of pyridine rings is 1. The van der Waals surface area contributed by atoms with Gasteiger partial charge >= 0.3 is 0 Å². The van der Waals surface area contributed by atoms with Gasteiger partial charge in [0, 0.05) is 36.6 Å². The fraction of sp³-hybridized carbons (Fsp3) is 0.263. The number of imidazole rings is 1. The number of morpholine rings is 1. The molecule has 1 aliphatic rings. The maximum Gasteiger partial charge on any atom is 0.126 e. The van der Waals surface area contributed by atoms with Gasteiger partial charge in [-0.05, 0) is 18.2 Å². The number of nitrogens with one attached hydrogen (secondary N) is 1. The fourth-order valence-electron chi connectivity index (χ4n) is 3.12. The van der Waals surface area contributed by atoms with E-state index in [0.29, 0.717) is 25.5 Å². The first-order valence-corrected chi connectivity index (χ1v) is 8.35. The second-order valence-electron chi connectivity index (χ2n) is 6.11. The Bertz CT molecular complexity index is 834. The Morgan fingerprint density at radius 3 is 2.96 bits per heavy atom. The molecule has 6 heteroatoms. The molecule has 0 bridgehead atoms. The van der Waals surface area contributed by atoms with Crippen molar-refractivity contribution in [3.05, 3.63) is 66.4 Å². The molecule has 1 aromatic carbocycles. The van der Waals surface area contributed by atoms with E-state index in [9.17, 15) is 5.11 Å². The van der Waals surface area contributed by atoms with E-state index < -0.39 is 0 Å².